The quantitative estimate of drug-likeness (QED) is 0.824. The molecule has 134 valence electrons. The van der Waals surface area contributed by atoms with Gasteiger partial charge in [0.1, 0.15) is 11.6 Å². The predicted octanol–water partition coefficient (Wildman–Crippen LogP) is 1.64. The number of nitrogens with zero attached hydrogens (tertiary/aromatic N) is 4. The van der Waals surface area contributed by atoms with Crippen molar-refractivity contribution in [3.63, 3.8) is 0 Å². The third-order valence-electron chi connectivity index (χ3n) is 5.34. The lowest BCUT2D eigenvalue weighted by Crippen LogP contribution is -2.35. The van der Waals surface area contributed by atoms with Gasteiger partial charge < -0.3 is 14.8 Å². The fraction of sp³-hybridized carbons (Fsp3) is 0.833. The Morgan fingerprint density at radius 1 is 1.25 bits per heavy atom. The summed E-state index contributed by atoms with van der Waals surface area (Å²) in [6, 6.07) is 0. The molecular formula is C18H31N5O. The number of aromatic nitrogens is 3. The van der Waals surface area contributed by atoms with Crippen molar-refractivity contribution in [2.45, 2.75) is 58.9 Å². The zero-order valence-corrected chi connectivity index (χ0v) is 15.1. The highest BCUT2D eigenvalue weighted by Crippen LogP contribution is 2.26. The van der Waals surface area contributed by atoms with Crippen LogP contribution in [0.5, 0.6) is 0 Å². The van der Waals surface area contributed by atoms with Crippen LogP contribution in [0.3, 0.4) is 0 Å². The average molecular weight is 333 g/mol. The molecule has 1 fully saturated rings. The molecule has 0 spiro atoms. The first-order valence-electron chi connectivity index (χ1n) is 9.54. The van der Waals surface area contributed by atoms with Crippen molar-refractivity contribution in [1.29, 1.82) is 0 Å². The fourth-order valence-electron chi connectivity index (χ4n) is 3.39. The van der Waals surface area contributed by atoms with Crippen LogP contribution in [0.25, 0.3) is 0 Å². The van der Waals surface area contributed by atoms with Crippen molar-refractivity contribution < 1.29 is 4.79 Å². The molecule has 6 nitrogen and oxygen atoms in total. The molecule has 0 aromatic carbocycles. The van der Waals surface area contributed by atoms with Crippen molar-refractivity contribution in [3.05, 3.63) is 11.6 Å². The molecule has 6 heteroatoms. The van der Waals surface area contributed by atoms with Crippen molar-refractivity contribution >= 4 is 5.91 Å². The van der Waals surface area contributed by atoms with Crippen molar-refractivity contribution in [2.24, 2.45) is 11.8 Å². The number of hydrogen-bond donors (Lipinski definition) is 1. The average Bonchev–Trinajstić information content (AvgIpc) is 2.75. The number of amides is 1. The third kappa shape index (κ3) is 4.35. The Morgan fingerprint density at radius 3 is 2.79 bits per heavy atom. The first kappa shape index (κ1) is 17.4. The van der Waals surface area contributed by atoms with Crippen molar-refractivity contribution in [3.8, 4) is 0 Å². The highest BCUT2D eigenvalue weighted by atomic mass is 16.1. The third-order valence-corrected chi connectivity index (χ3v) is 5.34. The second kappa shape index (κ2) is 8.10. The molecule has 1 aliphatic carbocycles. The highest BCUT2D eigenvalue weighted by molar-refractivity contribution is 5.79. The summed E-state index contributed by atoms with van der Waals surface area (Å²) in [5, 5.41) is 11.8. The van der Waals surface area contributed by atoms with Gasteiger partial charge in [-0.15, -0.1) is 10.2 Å². The minimum Gasteiger partial charge on any atom is -0.355 e. The van der Waals surface area contributed by atoms with E-state index in [0.29, 0.717) is 6.54 Å². The topological polar surface area (TPSA) is 63.1 Å². The van der Waals surface area contributed by atoms with Crippen LogP contribution in [0.4, 0.5) is 0 Å². The Balaban J connectivity index is 1.47. The summed E-state index contributed by atoms with van der Waals surface area (Å²) < 4.78 is 2.27. The molecule has 0 unspecified atom stereocenters. The second-order valence-electron chi connectivity index (χ2n) is 7.63. The van der Waals surface area contributed by atoms with Gasteiger partial charge in [0.25, 0.3) is 0 Å². The van der Waals surface area contributed by atoms with E-state index >= 15 is 0 Å². The van der Waals surface area contributed by atoms with Crippen molar-refractivity contribution in [1.82, 2.24) is 25.0 Å². The number of nitrogens with one attached hydrogen (secondary N) is 1. The monoisotopic (exact) mass is 333 g/mol. The van der Waals surface area contributed by atoms with Crippen LogP contribution in [-0.2, 0) is 24.2 Å². The summed E-state index contributed by atoms with van der Waals surface area (Å²) in [5.41, 5.74) is 0. The van der Waals surface area contributed by atoms with Gasteiger partial charge in [0.05, 0.1) is 0 Å². The van der Waals surface area contributed by atoms with E-state index in [9.17, 15) is 4.79 Å². The van der Waals surface area contributed by atoms with Crippen LogP contribution in [0, 0.1) is 11.8 Å². The molecule has 3 rings (SSSR count). The minimum absolute atomic E-state index is 0.219. The maximum Gasteiger partial charge on any atom is 0.223 e. The molecule has 24 heavy (non-hydrogen) atoms. The molecule has 1 aromatic heterocycles. The molecule has 1 N–H and O–H groups in total. The molecule has 1 amide bonds. The predicted molar refractivity (Wildman–Crippen MR) is 93.7 cm³/mol. The molecule has 0 saturated heterocycles. The molecular weight excluding hydrogens is 302 g/mol. The Kier molecular flexibility index (Phi) is 5.87. The lowest BCUT2D eigenvalue weighted by molar-refractivity contribution is -0.127. The molecule has 0 bridgehead atoms. The number of carbonyl (C=O) groups is 1. The maximum absolute atomic E-state index is 11.9. The molecule has 2 aliphatic rings. The standard InChI is InChI=1S/C18H31N5O/c1-14(2)7-10-22-11-8-17-21-20-16(23(17)13-12-22)6-9-19-18(24)15-4-3-5-15/h14-15H,3-13H2,1-2H3,(H,19,24). The summed E-state index contributed by atoms with van der Waals surface area (Å²) in [6.07, 6.45) is 6.30. The van der Waals surface area contributed by atoms with E-state index in [1.165, 1.54) is 19.4 Å². The largest absolute Gasteiger partial charge is 0.355 e. The minimum atomic E-state index is 0.219. The van der Waals surface area contributed by atoms with E-state index in [2.05, 4.69) is 38.8 Å². The normalized spacial score (nSPS) is 19.0. The smallest absolute Gasteiger partial charge is 0.223 e. The Labute approximate surface area is 145 Å². The van der Waals surface area contributed by atoms with Gasteiger partial charge in [-0.05, 0) is 31.7 Å². The lowest BCUT2D eigenvalue weighted by Gasteiger charge is -2.24. The zero-order valence-electron chi connectivity index (χ0n) is 15.1. The molecule has 1 aromatic rings. The first-order valence-corrected chi connectivity index (χ1v) is 9.54. The summed E-state index contributed by atoms with van der Waals surface area (Å²) >= 11 is 0. The van der Waals surface area contributed by atoms with E-state index in [1.807, 2.05) is 0 Å². The van der Waals surface area contributed by atoms with Gasteiger partial charge >= 0.3 is 0 Å². The summed E-state index contributed by atoms with van der Waals surface area (Å²) in [5.74, 6) is 3.35. The van der Waals surface area contributed by atoms with Gasteiger partial charge in [-0.25, -0.2) is 0 Å². The van der Waals surface area contributed by atoms with E-state index in [-0.39, 0.29) is 11.8 Å². The van der Waals surface area contributed by atoms with Crippen LogP contribution in [0.15, 0.2) is 0 Å². The maximum atomic E-state index is 11.9. The van der Waals surface area contributed by atoms with Gasteiger partial charge in [0.2, 0.25) is 5.91 Å². The SMILES string of the molecule is CC(C)CCN1CCc2nnc(CCNC(=O)C3CCC3)n2CC1. The van der Waals surface area contributed by atoms with Gasteiger partial charge in [0, 0.05) is 44.9 Å². The molecule has 0 radical (unpaired) electrons. The fourth-order valence-corrected chi connectivity index (χ4v) is 3.39. The molecule has 2 heterocycles. The Bertz CT molecular complexity index is 550. The number of hydrogen-bond acceptors (Lipinski definition) is 4. The molecule has 1 saturated carbocycles. The van der Waals surface area contributed by atoms with Crippen LogP contribution in [-0.4, -0.2) is 51.8 Å². The Hall–Kier alpha value is -1.43. The van der Waals surface area contributed by atoms with Gasteiger partial charge in [0.15, 0.2) is 0 Å². The van der Waals surface area contributed by atoms with E-state index < -0.39 is 0 Å². The van der Waals surface area contributed by atoms with E-state index in [4.69, 9.17) is 0 Å². The number of carbonyl (C=O) groups excluding carboxylic acids is 1. The van der Waals surface area contributed by atoms with E-state index in [0.717, 1.165) is 62.9 Å². The molecule has 0 atom stereocenters. The lowest BCUT2D eigenvalue weighted by atomic mass is 9.85. The van der Waals surface area contributed by atoms with Crippen LogP contribution >= 0.6 is 0 Å². The van der Waals surface area contributed by atoms with Gasteiger partial charge in [-0.2, -0.15) is 0 Å². The van der Waals surface area contributed by atoms with Crippen LogP contribution < -0.4 is 5.32 Å². The number of rotatable bonds is 7. The number of fused-ring (bicyclic) bond motifs is 1. The summed E-state index contributed by atoms with van der Waals surface area (Å²) in [4.78, 5) is 14.4. The first-order chi connectivity index (χ1) is 11.6. The van der Waals surface area contributed by atoms with Gasteiger partial charge in [-0.1, -0.05) is 20.3 Å². The van der Waals surface area contributed by atoms with E-state index in [1.54, 1.807) is 0 Å². The zero-order chi connectivity index (χ0) is 16.9. The summed E-state index contributed by atoms with van der Waals surface area (Å²) in [6.45, 7) is 9.51. The summed E-state index contributed by atoms with van der Waals surface area (Å²) in [7, 11) is 0. The van der Waals surface area contributed by atoms with Crippen LogP contribution in [0.2, 0.25) is 0 Å². The molecule has 1 aliphatic heterocycles. The van der Waals surface area contributed by atoms with Gasteiger partial charge in [-0.3, -0.25) is 4.79 Å². The second-order valence-corrected chi connectivity index (χ2v) is 7.63. The van der Waals surface area contributed by atoms with Crippen LogP contribution in [0.1, 0.15) is 51.2 Å². The highest BCUT2D eigenvalue weighted by Gasteiger charge is 2.25. The Morgan fingerprint density at radius 2 is 2.08 bits per heavy atom. The van der Waals surface area contributed by atoms with Crippen molar-refractivity contribution in [2.75, 3.05) is 26.2 Å².